The zero-order chi connectivity index (χ0) is 42.0. The molecule has 296 valence electrons. The Kier molecular flexibility index (Phi) is 9.97. The van der Waals surface area contributed by atoms with Crippen LogP contribution in [0.5, 0.6) is 0 Å². The van der Waals surface area contributed by atoms with E-state index in [-0.39, 0.29) is 0 Å². The minimum atomic E-state index is 1.07. The van der Waals surface area contributed by atoms with Gasteiger partial charge in [0.2, 0.25) is 0 Å². The van der Waals surface area contributed by atoms with Gasteiger partial charge in [-0.1, -0.05) is 224 Å². The fraction of sp³-hybridized carbons (Fsp3) is 0. The Morgan fingerprint density at radius 3 is 1.16 bits per heavy atom. The number of rotatable bonds is 9. The lowest BCUT2D eigenvalue weighted by Crippen LogP contribution is -2.13. The molecule has 0 radical (unpaired) electrons. The van der Waals surface area contributed by atoms with Gasteiger partial charge < -0.3 is 4.90 Å². The van der Waals surface area contributed by atoms with Crippen LogP contribution in [0, 0.1) is 0 Å². The van der Waals surface area contributed by atoms with Crippen LogP contribution in [0.3, 0.4) is 0 Å². The zero-order valence-corrected chi connectivity index (χ0v) is 34.8. The van der Waals surface area contributed by atoms with Crippen molar-refractivity contribution in [3.8, 4) is 66.8 Å². The Balaban J connectivity index is 1.29. The van der Waals surface area contributed by atoms with E-state index < -0.39 is 0 Å². The van der Waals surface area contributed by atoms with Gasteiger partial charge >= 0.3 is 0 Å². The quantitative estimate of drug-likeness (QED) is 0.131. The molecule has 1 nitrogen and oxygen atoms in total. The number of anilines is 3. The normalized spacial score (nSPS) is 11.2. The summed E-state index contributed by atoms with van der Waals surface area (Å²) in [4.78, 5) is 2.53. The Labute approximate surface area is 369 Å². The molecule has 0 aliphatic carbocycles. The second kappa shape index (κ2) is 16.7. The highest BCUT2D eigenvalue weighted by molar-refractivity contribution is 6.26. The number of hydrogen-bond acceptors (Lipinski definition) is 1. The lowest BCUT2D eigenvalue weighted by atomic mass is 9.84. The molecule has 0 N–H and O–H groups in total. The second-order valence-electron chi connectivity index (χ2n) is 16.0. The van der Waals surface area contributed by atoms with Gasteiger partial charge in [0, 0.05) is 16.6 Å². The van der Waals surface area contributed by atoms with Gasteiger partial charge in [0.15, 0.2) is 0 Å². The van der Waals surface area contributed by atoms with Crippen LogP contribution in [-0.2, 0) is 0 Å². The standard InChI is InChI=1S/C62H43N/c1-7-22-44(23-8-1)50-38-39-58(57(43-50)47-28-13-4-14-29-47)63(53-41-51(45-24-9-2-10-25-45)40-52(42-53)46-26-11-3-12-27-46)59-37-21-36-56-61(49-32-17-6-18-33-49)60(48-30-15-5-16-31-48)54-34-19-20-35-55(54)62(56)59/h1-43H. The number of nitrogens with zero attached hydrogens (tertiary/aromatic N) is 1. The van der Waals surface area contributed by atoms with Crippen LogP contribution in [0.4, 0.5) is 17.1 Å². The molecular formula is C62H43N. The van der Waals surface area contributed by atoms with Crippen molar-refractivity contribution in [2.45, 2.75) is 0 Å². The van der Waals surface area contributed by atoms with Gasteiger partial charge in [-0.25, -0.2) is 0 Å². The van der Waals surface area contributed by atoms with Gasteiger partial charge in [0.05, 0.1) is 11.4 Å². The van der Waals surface area contributed by atoms with Crippen LogP contribution in [0.1, 0.15) is 0 Å². The first-order chi connectivity index (χ1) is 31.3. The molecule has 0 aliphatic heterocycles. The number of fused-ring (bicyclic) bond motifs is 3. The molecule has 63 heavy (non-hydrogen) atoms. The minimum Gasteiger partial charge on any atom is -0.309 e. The molecule has 0 saturated carbocycles. The van der Waals surface area contributed by atoms with E-state index in [1.807, 2.05) is 0 Å². The fourth-order valence-electron chi connectivity index (χ4n) is 9.35. The SMILES string of the molecule is c1ccc(-c2cc(-c3ccccc3)cc(N(c3ccc(-c4ccccc4)cc3-c3ccccc3)c3cccc4c(-c5ccccc5)c(-c5ccccc5)c5ccccc5c34)c2)cc1. The second-order valence-corrected chi connectivity index (χ2v) is 16.0. The highest BCUT2D eigenvalue weighted by Gasteiger charge is 2.25. The van der Waals surface area contributed by atoms with Crippen molar-refractivity contribution in [1.29, 1.82) is 0 Å². The summed E-state index contributed by atoms with van der Waals surface area (Å²) >= 11 is 0. The van der Waals surface area contributed by atoms with Crippen molar-refractivity contribution in [1.82, 2.24) is 0 Å². The van der Waals surface area contributed by atoms with Crippen LogP contribution in [0.15, 0.2) is 261 Å². The van der Waals surface area contributed by atoms with E-state index >= 15 is 0 Å². The van der Waals surface area contributed by atoms with E-state index in [2.05, 4.69) is 266 Å². The van der Waals surface area contributed by atoms with E-state index in [0.29, 0.717) is 0 Å². The predicted molar refractivity (Wildman–Crippen MR) is 269 cm³/mol. The summed E-state index contributed by atoms with van der Waals surface area (Å²) in [5, 5.41) is 4.82. The molecule has 0 fully saturated rings. The summed E-state index contributed by atoms with van der Waals surface area (Å²) in [5.74, 6) is 0. The molecule has 1 heteroatoms. The first kappa shape index (κ1) is 37.7. The summed E-state index contributed by atoms with van der Waals surface area (Å²) in [7, 11) is 0. The molecule has 11 aromatic carbocycles. The van der Waals surface area contributed by atoms with Gasteiger partial charge in [-0.15, -0.1) is 0 Å². The third kappa shape index (κ3) is 7.16. The fourth-order valence-corrected chi connectivity index (χ4v) is 9.35. The van der Waals surface area contributed by atoms with Crippen LogP contribution in [0.25, 0.3) is 88.3 Å². The maximum atomic E-state index is 2.53. The van der Waals surface area contributed by atoms with E-state index in [9.17, 15) is 0 Å². The molecule has 0 heterocycles. The molecular weight excluding hydrogens is 759 g/mol. The number of benzene rings is 11. The summed E-state index contributed by atoms with van der Waals surface area (Å²) in [5.41, 5.74) is 17.4. The lowest BCUT2D eigenvalue weighted by Gasteiger charge is -2.31. The van der Waals surface area contributed by atoms with E-state index in [1.165, 1.54) is 66.1 Å². The molecule has 0 saturated heterocycles. The average molecular weight is 802 g/mol. The summed E-state index contributed by atoms with van der Waals surface area (Å²) in [6.45, 7) is 0. The Bertz CT molecular complexity index is 3290. The van der Waals surface area contributed by atoms with Crippen molar-refractivity contribution >= 4 is 38.6 Å². The first-order valence-corrected chi connectivity index (χ1v) is 21.7. The van der Waals surface area contributed by atoms with E-state index in [4.69, 9.17) is 0 Å². The largest absolute Gasteiger partial charge is 0.309 e. The Morgan fingerprint density at radius 1 is 0.222 bits per heavy atom. The Hall–Kier alpha value is -8.26. The predicted octanol–water partition coefficient (Wildman–Crippen LogP) is 17.5. The molecule has 0 spiro atoms. The zero-order valence-electron chi connectivity index (χ0n) is 34.8. The van der Waals surface area contributed by atoms with Crippen molar-refractivity contribution in [3.05, 3.63) is 261 Å². The molecule has 0 aromatic heterocycles. The van der Waals surface area contributed by atoms with Gasteiger partial charge in [0.1, 0.15) is 0 Å². The molecule has 0 bridgehead atoms. The maximum Gasteiger partial charge on any atom is 0.0546 e. The minimum absolute atomic E-state index is 1.07. The number of hydrogen-bond donors (Lipinski definition) is 0. The lowest BCUT2D eigenvalue weighted by molar-refractivity contribution is 1.30. The molecule has 0 atom stereocenters. The summed E-state index contributed by atoms with van der Waals surface area (Å²) < 4.78 is 0. The van der Waals surface area contributed by atoms with E-state index in [1.54, 1.807) is 0 Å². The van der Waals surface area contributed by atoms with Gasteiger partial charge in [-0.3, -0.25) is 0 Å². The first-order valence-electron chi connectivity index (χ1n) is 21.7. The highest BCUT2D eigenvalue weighted by Crippen LogP contribution is 2.51. The van der Waals surface area contributed by atoms with Crippen LogP contribution in [0.2, 0.25) is 0 Å². The highest BCUT2D eigenvalue weighted by atomic mass is 15.1. The summed E-state index contributed by atoms with van der Waals surface area (Å²) in [6.07, 6.45) is 0. The molecule has 0 amide bonds. The van der Waals surface area contributed by atoms with Crippen LogP contribution < -0.4 is 4.90 Å². The van der Waals surface area contributed by atoms with Crippen molar-refractivity contribution in [3.63, 3.8) is 0 Å². The maximum absolute atomic E-state index is 2.53. The third-order valence-electron chi connectivity index (χ3n) is 12.2. The molecule has 11 aromatic rings. The molecule has 0 unspecified atom stereocenters. The van der Waals surface area contributed by atoms with Crippen molar-refractivity contribution < 1.29 is 0 Å². The third-order valence-corrected chi connectivity index (χ3v) is 12.2. The summed E-state index contributed by atoms with van der Waals surface area (Å²) in [6, 6.07) is 94.9. The van der Waals surface area contributed by atoms with Gasteiger partial charge in [-0.2, -0.15) is 0 Å². The van der Waals surface area contributed by atoms with Gasteiger partial charge in [0.25, 0.3) is 0 Å². The molecule has 11 rings (SSSR count). The Morgan fingerprint density at radius 2 is 0.635 bits per heavy atom. The smallest absolute Gasteiger partial charge is 0.0546 e. The van der Waals surface area contributed by atoms with E-state index in [0.717, 1.165) is 39.3 Å². The molecule has 0 aliphatic rings. The van der Waals surface area contributed by atoms with Gasteiger partial charge in [-0.05, 0) is 114 Å². The average Bonchev–Trinajstić information content (AvgIpc) is 3.37. The topological polar surface area (TPSA) is 3.24 Å². The van der Waals surface area contributed by atoms with Crippen molar-refractivity contribution in [2.24, 2.45) is 0 Å². The van der Waals surface area contributed by atoms with Crippen LogP contribution in [-0.4, -0.2) is 0 Å². The van der Waals surface area contributed by atoms with Crippen LogP contribution >= 0.6 is 0 Å². The monoisotopic (exact) mass is 801 g/mol. The van der Waals surface area contributed by atoms with Crippen molar-refractivity contribution in [2.75, 3.05) is 4.90 Å².